The number of esters is 4. The van der Waals surface area contributed by atoms with E-state index in [2.05, 4.69) is 4.74 Å². The van der Waals surface area contributed by atoms with E-state index in [1.807, 2.05) is 0 Å². The van der Waals surface area contributed by atoms with Gasteiger partial charge in [-0.3, -0.25) is 14.4 Å². The summed E-state index contributed by atoms with van der Waals surface area (Å²) in [6.07, 6.45) is -5.40. The minimum absolute atomic E-state index is 0.718. The maximum Gasteiger partial charge on any atom is 0.339 e. The van der Waals surface area contributed by atoms with Gasteiger partial charge in [0, 0.05) is 20.8 Å². The molecule has 1 rings (SSSR count). The van der Waals surface area contributed by atoms with Crippen molar-refractivity contribution in [1.82, 2.24) is 0 Å². The van der Waals surface area contributed by atoms with Crippen LogP contribution in [0.5, 0.6) is 0 Å². The summed E-state index contributed by atoms with van der Waals surface area (Å²) in [4.78, 5) is 45.7. The number of hydrogen-bond donors (Lipinski definition) is 0. The van der Waals surface area contributed by atoms with Gasteiger partial charge in [0.2, 0.25) is 0 Å². The van der Waals surface area contributed by atoms with Crippen LogP contribution < -0.4 is 0 Å². The van der Waals surface area contributed by atoms with Gasteiger partial charge >= 0.3 is 23.9 Å². The first-order chi connectivity index (χ1) is 10.7. The minimum atomic E-state index is -1.44. The van der Waals surface area contributed by atoms with E-state index < -0.39 is 54.3 Å². The lowest BCUT2D eigenvalue weighted by Crippen LogP contribution is -2.63. The van der Waals surface area contributed by atoms with Crippen molar-refractivity contribution in [1.29, 1.82) is 0 Å². The van der Waals surface area contributed by atoms with Gasteiger partial charge in [-0.2, -0.15) is 0 Å². The van der Waals surface area contributed by atoms with E-state index in [-0.39, 0.29) is 0 Å². The topological polar surface area (TPSA) is 114 Å². The SMILES string of the molecule is [B][C@H]1O[C@H](C(=O)OC)[C@@H](OC(C)=O)[C@H](OC(C)=O)[C@H]1OC(C)=O. The van der Waals surface area contributed by atoms with E-state index >= 15 is 0 Å². The number of ether oxygens (including phenoxy) is 5. The Bertz CT molecular complexity index is 492. The summed E-state index contributed by atoms with van der Waals surface area (Å²) in [6, 6.07) is -1.29. The molecule has 0 aromatic heterocycles. The summed E-state index contributed by atoms with van der Waals surface area (Å²) in [5, 5.41) is 0. The van der Waals surface area contributed by atoms with Gasteiger partial charge in [-0.1, -0.05) is 0 Å². The summed E-state index contributed by atoms with van der Waals surface area (Å²) in [6.45, 7) is 3.31. The van der Waals surface area contributed by atoms with E-state index in [1.165, 1.54) is 0 Å². The molecule has 1 saturated heterocycles. The van der Waals surface area contributed by atoms with Gasteiger partial charge in [0.15, 0.2) is 24.4 Å². The highest BCUT2D eigenvalue weighted by Gasteiger charge is 2.52. The third kappa shape index (κ3) is 4.95. The van der Waals surface area contributed by atoms with Crippen molar-refractivity contribution < 1.29 is 42.9 Å². The predicted molar refractivity (Wildman–Crippen MR) is 73.1 cm³/mol. The van der Waals surface area contributed by atoms with E-state index in [0.29, 0.717) is 0 Å². The van der Waals surface area contributed by atoms with Crippen LogP contribution in [0, 0.1) is 0 Å². The lowest BCUT2D eigenvalue weighted by molar-refractivity contribution is -0.236. The monoisotopic (exact) mass is 328 g/mol. The number of carbonyl (C=O) groups is 4. The molecule has 0 aromatic rings. The summed E-state index contributed by atoms with van der Waals surface area (Å²) in [5.41, 5.74) is 0. The summed E-state index contributed by atoms with van der Waals surface area (Å²) in [7, 11) is 6.83. The number of rotatable bonds is 4. The molecule has 5 atom stereocenters. The summed E-state index contributed by atoms with van der Waals surface area (Å²) in [5.74, 6) is -3.11. The van der Waals surface area contributed by atoms with E-state index in [4.69, 9.17) is 26.8 Å². The molecule has 0 saturated carbocycles. The first-order valence-electron chi connectivity index (χ1n) is 6.68. The average molecular weight is 328 g/mol. The molecule has 2 radical (unpaired) electrons. The molecule has 10 heteroatoms. The average Bonchev–Trinajstić information content (AvgIpc) is 2.43. The summed E-state index contributed by atoms with van der Waals surface area (Å²) < 4.78 is 24.8. The van der Waals surface area contributed by atoms with Crippen LogP contribution in [0.25, 0.3) is 0 Å². The molecule has 9 nitrogen and oxygen atoms in total. The normalized spacial score (nSPS) is 30.0. The Morgan fingerprint density at radius 2 is 1.26 bits per heavy atom. The second-order valence-electron chi connectivity index (χ2n) is 4.77. The van der Waals surface area contributed by atoms with Gasteiger partial charge in [-0.15, -0.1) is 0 Å². The minimum Gasteiger partial charge on any atom is -0.467 e. The number of carbonyl (C=O) groups excluding carboxylic acids is 4. The number of hydrogen-bond acceptors (Lipinski definition) is 9. The second-order valence-corrected chi connectivity index (χ2v) is 4.77. The third-order valence-electron chi connectivity index (χ3n) is 2.91. The van der Waals surface area contributed by atoms with Crippen molar-refractivity contribution in [3.63, 3.8) is 0 Å². The van der Waals surface area contributed by atoms with Crippen LogP contribution >= 0.6 is 0 Å². The fraction of sp³-hybridized carbons (Fsp3) is 0.692. The first kappa shape index (κ1) is 19.0. The fourth-order valence-electron chi connectivity index (χ4n) is 2.15. The number of methoxy groups -OCH3 is 1. The van der Waals surface area contributed by atoms with Gasteiger partial charge in [0.05, 0.1) is 13.1 Å². The van der Waals surface area contributed by atoms with Crippen LogP contribution in [-0.2, 0) is 42.9 Å². The molecule has 0 bridgehead atoms. The zero-order valence-corrected chi connectivity index (χ0v) is 13.1. The molecule has 1 heterocycles. The maximum atomic E-state index is 11.8. The maximum absolute atomic E-state index is 11.8. The standard InChI is InChI=1S/C13H17BO9/c1-5(15)20-8-9(21-6(2)16)11(13(18)19-4)23-12(14)10(8)22-7(3)17/h8-12H,1-4H3/t8-,9-,10+,11-,12-/m0/s1. The van der Waals surface area contributed by atoms with Crippen LogP contribution in [0.15, 0.2) is 0 Å². The molecule has 0 amide bonds. The van der Waals surface area contributed by atoms with Crippen LogP contribution in [-0.4, -0.2) is 69.3 Å². The van der Waals surface area contributed by atoms with Crippen LogP contribution in [0.1, 0.15) is 20.8 Å². The molecule has 0 N–H and O–H groups in total. The Hall–Kier alpha value is -2.10. The Morgan fingerprint density at radius 1 is 0.826 bits per heavy atom. The highest BCUT2D eigenvalue weighted by Crippen LogP contribution is 2.28. The van der Waals surface area contributed by atoms with Crippen molar-refractivity contribution in [2.75, 3.05) is 7.11 Å². The van der Waals surface area contributed by atoms with Gasteiger partial charge in [0.1, 0.15) is 7.85 Å². The molecule has 0 unspecified atom stereocenters. The molecule has 1 aliphatic heterocycles. The molecular formula is C13H17BO9. The second kappa shape index (κ2) is 7.95. The molecule has 0 aliphatic carbocycles. The lowest BCUT2D eigenvalue weighted by Gasteiger charge is -2.42. The zero-order valence-electron chi connectivity index (χ0n) is 13.1. The Morgan fingerprint density at radius 3 is 1.70 bits per heavy atom. The van der Waals surface area contributed by atoms with Gasteiger partial charge in [-0.25, -0.2) is 4.79 Å². The van der Waals surface area contributed by atoms with Crippen molar-refractivity contribution in [2.24, 2.45) is 0 Å². The van der Waals surface area contributed by atoms with E-state index in [0.717, 1.165) is 27.9 Å². The Balaban J connectivity index is 3.21. The van der Waals surface area contributed by atoms with Crippen molar-refractivity contribution in [3.05, 3.63) is 0 Å². The van der Waals surface area contributed by atoms with Gasteiger partial charge in [0.25, 0.3) is 0 Å². The van der Waals surface area contributed by atoms with Crippen LogP contribution in [0.3, 0.4) is 0 Å². The van der Waals surface area contributed by atoms with Crippen molar-refractivity contribution in [2.45, 2.75) is 51.2 Å². The van der Waals surface area contributed by atoms with Crippen LogP contribution in [0.4, 0.5) is 0 Å². The van der Waals surface area contributed by atoms with Crippen molar-refractivity contribution in [3.8, 4) is 0 Å². The quantitative estimate of drug-likeness (QED) is 0.358. The molecule has 0 aromatic carbocycles. The molecular weight excluding hydrogens is 311 g/mol. The molecule has 23 heavy (non-hydrogen) atoms. The van der Waals surface area contributed by atoms with Crippen LogP contribution in [0.2, 0.25) is 0 Å². The zero-order chi connectivity index (χ0) is 17.7. The Kier molecular flexibility index (Phi) is 6.55. The van der Waals surface area contributed by atoms with Crippen molar-refractivity contribution >= 4 is 31.7 Å². The van der Waals surface area contributed by atoms with Gasteiger partial charge in [-0.05, 0) is 0 Å². The lowest BCUT2D eigenvalue weighted by atomic mass is 9.84. The molecule has 1 fully saturated rings. The molecule has 126 valence electrons. The largest absolute Gasteiger partial charge is 0.467 e. The highest BCUT2D eigenvalue weighted by molar-refractivity contribution is 6.11. The highest BCUT2D eigenvalue weighted by atomic mass is 16.7. The predicted octanol–water partition coefficient (Wildman–Crippen LogP) is -1.15. The van der Waals surface area contributed by atoms with E-state index in [9.17, 15) is 19.2 Å². The molecule has 0 spiro atoms. The first-order valence-corrected chi connectivity index (χ1v) is 6.68. The summed E-state index contributed by atoms with van der Waals surface area (Å²) >= 11 is 0. The smallest absolute Gasteiger partial charge is 0.339 e. The Labute approximate surface area is 133 Å². The third-order valence-corrected chi connectivity index (χ3v) is 2.91. The molecule has 1 aliphatic rings. The van der Waals surface area contributed by atoms with E-state index in [1.54, 1.807) is 0 Å². The van der Waals surface area contributed by atoms with Gasteiger partial charge < -0.3 is 23.7 Å². The fourth-order valence-corrected chi connectivity index (χ4v) is 2.15.